The molecule has 0 saturated heterocycles. The summed E-state index contributed by atoms with van der Waals surface area (Å²) in [4.78, 5) is 32.1. The van der Waals surface area contributed by atoms with E-state index in [4.69, 9.17) is 0 Å². The summed E-state index contributed by atoms with van der Waals surface area (Å²) >= 11 is 1.48. The van der Waals surface area contributed by atoms with Crippen molar-refractivity contribution in [3.05, 3.63) is 10.6 Å². The van der Waals surface area contributed by atoms with E-state index < -0.39 is 0 Å². The standard InChI is InChI=1S/C18H28N4O2S/c1-18(2,3)10-15(23)22-9-8-13-14(11-22)25-17(20-13)21-16(24)19-12-6-4-5-7-12/h12H,4-11H2,1-3H3,(H2,19,20,21,24). The Balaban J connectivity index is 1.57. The number of nitrogens with one attached hydrogen (secondary N) is 2. The first-order valence-corrected chi connectivity index (χ1v) is 9.96. The maximum Gasteiger partial charge on any atom is 0.321 e. The van der Waals surface area contributed by atoms with Gasteiger partial charge in [-0.15, -0.1) is 0 Å². The highest BCUT2D eigenvalue weighted by atomic mass is 32.1. The second kappa shape index (κ2) is 7.32. The van der Waals surface area contributed by atoms with E-state index >= 15 is 0 Å². The molecule has 1 aliphatic carbocycles. The predicted octanol–water partition coefficient (Wildman–Crippen LogP) is 3.53. The van der Waals surface area contributed by atoms with E-state index in [-0.39, 0.29) is 17.4 Å². The molecular weight excluding hydrogens is 336 g/mol. The Morgan fingerprint density at radius 3 is 2.68 bits per heavy atom. The molecule has 0 atom stereocenters. The van der Waals surface area contributed by atoms with Gasteiger partial charge in [0.05, 0.1) is 12.2 Å². The van der Waals surface area contributed by atoms with Gasteiger partial charge in [-0.2, -0.15) is 0 Å². The van der Waals surface area contributed by atoms with Crippen LogP contribution in [0.5, 0.6) is 0 Å². The summed E-state index contributed by atoms with van der Waals surface area (Å²) in [5.41, 5.74) is 1.01. The number of anilines is 1. The van der Waals surface area contributed by atoms with Crippen LogP contribution in [0.15, 0.2) is 0 Å². The lowest BCUT2D eigenvalue weighted by molar-refractivity contribution is -0.133. The van der Waals surface area contributed by atoms with E-state index in [0.29, 0.717) is 30.7 Å². The van der Waals surface area contributed by atoms with Crippen molar-refractivity contribution in [2.45, 2.75) is 71.9 Å². The Bertz CT molecular complexity index is 644. The zero-order chi connectivity index (χ0) is 18.0. The van der Waals surface area contributed by atoms with Gasteiger partial charge in [-0.1, -0.05) is 44.9 Å². The number of amides is 3. The molecule has 2 aliphatic rings. The van der Waals surface area contributed by atoms with Crippen LogP contribution in [0.25, 0.3) is 0 Å². The minimum absolute atomic E-state index is 0.00387. The van der Waals surface area contributed by atoms with Gasteiger partial charge in [0.2, 0.25) is 5.91 Å². The van der Waals surface area contributed by atoms with Crippen molar-refractivity contribution in [2.75, 3.05) is 11.9 Å². The number of fused-ring (bicyclic) bond motifs is 1. The second-order valence-electron chi connectivity index (χ2n) is 8.27. The largest absolute Gasteiger partial charge is 0.337 e. The topological polar surface area (TPSA) is 74.3 Å². The molecule has 1 aromatic rings. The monoisotopic (exact) mass is 364 g/mol. The molecule has 1 fully saturated rings. The van der Waals surface area contributed by atoms with Crippen molar-refractivity contribution in [3.8, 4) is 0 Å². The quantitative estimate of drug-likeness (QED) is 0.862. The Kier molecular flexibility index (Phi) is 5.32. The van der Waals surface area contributed by atoms with Crippen LogP contribution in [-0.2, 0) is 17.8 Å². The van der Waals surface area contributed by atoms with Crippen LogP contribution in [0, 0.1) is 5.41 Å². The molecule has 0 radical (unpaired) electrons. The molecule has 0 unspecified atom stereocenters. The second-order valence-corrected chi connectivity index (χ2v) is 9.36. The van der Waals surface area contributed by atoms with E-state index in [1.807, 2.05) is 4.90 Å². The molecule has 0 spiro atoms. The number of carbonyl (C=O) groups excluding carboxylic acids is 2. The lowest BCUT2D eigenvalue weighted by Gasteiger charge is -2.29. The van der Waals surface area contributed by atoms with Crippen LogP contribution in [0.3, 0.4) is 0 Å². The van der Waals surface area contributed by atoms with Gasteiger partial charge in [0.1, 0.15) is 0 Å². The van der Waals surface area contributed by atoms with Gasteiger partial charge in [0.15, 0.2) is 5.13 Å². The van der Waals surface area contributed by atoms with Crippen LogP contribution < -0.4 is 10.6 Å². The van der Waals surface area contributed by atoms with Crippen LogP contribution in [0.4, 0.5) is 9.93 Å². The number of hydrogen-bond donors (Lipinski definition) is 2. The number of nitrogens with zero attached hydrogens (tertiary/aromatic N) is 2. The maximum absolute atomic E-state index is 12.4. The number of rotatable bonds is 3. The molecule has 0 aromatic carbocycles. The summed E-state index contributed by atoms with van der Waals surface area (Å²) in [7, 11) is 0. The van der Waals surface area contributed by atoms with Crippen LogP contribution >= 0.6 is 11.3 Å². The predicted molar refractivity (Wildman–Crippen MR) is 99.7 cm³/mol. The number of thiazole rings is 1. The minimum Gasteiger partial charge on any atom is -0.337 e. The summed E-state index contributed by atoms with van der Waals surface area (Å²) in [6.45, 7) is 7.56. The summed E-state index contributed by atoms with van der Waals surface area (Å²) in [5.74, 6) is 0.194. The fourth-order valence-corrected chi connectivity index (χ4v) is 4.43. The third-order valence-corrected chi connectivity index (χ3v) is 5.67. The fourth-order valence-electron chi connectivity index (χ4n) is 3.42. The van der Waals surface area contributed by atoms with E-state index in [2.05, 4.69) is 36.4 Å². The molecule has 1 saturated carbocycles. The highest BCUT2D eigenvalue weighted by Gasteiger charge is 2.27. The zero-order valence-corrected chi connectivity index (χ0v) is 16.2. The molecule has 25 heavy (non-hydrogen) atoms. The number of urea groups is 1. The summed E-state index contributed by atoms with van der Waals surface area (Å²) in [6, 6.07) is 0.124. The Labute approximate surface area is 153 Å². The molecule has 2 heterocycles. The summed E-state index contributed by atoms with van der Waals surface area (Å²) in [5, 5.41) is 6.51. The van der Waals surface area contributed by atoms with Gasteiger partial charge in [-0.3, -0.25) is 10.1 Å². The van der Waals surface area contributed by atoms with Gasteiger partial charge in [0, 0.05) is 30.3 Å². The van der Waals surface area contributed by atoms with E-state index in [1.54, 1.807) is 0 Å². The lowest BCUT2D eigenvalue weighted by Crippen LogP contribution is -2.37. The maximum atomic E-state index is 12.4. The molecule has 0 bridgehead atoms. The molecule has 1 aliphatic heterocycles. The Hall–Kier alpha value is -1.63. The van der Waals surface area contributed by atoms with Crippen molar-refractivity contribution >= 4 is 28.4 Å². The normalized spacial score (nSPS) is 18.1. The van der Waals surface area contributed by atoms with Crippen molar-refractivity contribution in [2.24, 2.45) is 5.41 Å². The van der Waals surface area contributed by atoms with Crippen LogP contribution in [0.1, 0.15) is 63.4 Å². The van der Waals surface area contributed by atoms with Crippen LogP contribution in [0.2, 0.25) is 0 Å². The molecular formula is C18H28N4O2S. The van der Waals surface area contributed by atoms with Gasteiger partial charge < -0.3 is 10.2 Å². The first kappa shape index (κ1) is 18.2. The van der Waals surface area contributed by atoms with Crippen molar-refractivity contribution in [3.63, 3.8) is 0 Å². The van der Waals surface area contributed by atoms with Gasteiger partial charge >= 0.3 is 6.03 Å². The van der Waals surface area contributed by atoms with E-state index in [9.17, 15) is 9.59 Å². The highest BCUT2D eigenvalue weighted by Crippen LogP contribution is 2.30. The van der Waals surface area contributed by atoms with Crippen molar-refractivity contribution in [1.82, 2.24) is 15.2 Å². The Morgan fingerprint density at radius 1 is 1.28 bits per heavy atom. The third-order valence-electron chi connectivity index (χ3n) is 4.68. The minimum atomic E-state index is -0.168. The van der Waals surface area contributed by atoms with E-state index in [1.165, 1.54) is 24.2 Å². The smallest absolute Gasteiger partial charge is 0.321 e. The molecule has 3 rings (SSSR count). The average molecular weight is 365 g/mol. The van der Waals surface area contributed by atoms with E-state index in [0.717, 1.165) is 29.8 Å². The zero-order valence-electron chi connectivity index (χ0n) is 15.4. The molecule has 2 N–H and O–H groups in total. The third kappa shape index (κ3) is 4.93. The number of aromatic nitrogens is 1. The molecule has 138 valence electrons. The van der Waals surface area contributed by atoms with Crippen LogP contribution in [-0.4, -0.2) is 34.4 Å². The highest BCUT2D eigenvalue weighted by molar-refractivity contribution is 7.15. The van der Waals surface area contributed by atoms with Gasteiger partial charge in [0.25, 0.3) is 0 Å². The molecule has 7 heteroatoms. The lowest BCUT2D eigenvalue weighted by atomic mass is 9.91. The molecule has 3 amide bonds. The summed E-state index contributed by atoms with van der Waals surface area (Å²) in [6.07, 6.45) is 5.81. The SMILES string of the molecule is CC(C)(C)CC(=O)N1CCc2nc(NC(=O)NC3CCCC3)sc2C1. The first-order chi connectivity index (χ1) is 11.8. The van der Waals surface area contributed by atoms with Gasteiger partial charge in [-0.05, 0) is 18.3 Å². The van der Waals surface area contributed by atoms with Crippen molar-refractivity contribution in [1.29, 1.82) is 0 Å². The van der Waals surface area contributed by atoms with Gasteiger partial charge in [-0.25, -0.2) is 9.78 Å². The van der Waals surface area contributed by atoms with Crippen molar-refractivity contribution < 1.29 is 9.59 Å². The average Bonchev–Trinajstić information content (AvgIpc) is 3.13. The summed E-state index contributed by atoms with van der Waals surface area (Å²) < 4.78 is 0. The molecule has 1 aromatic heterocycles. The number of carbonyl (C=O) groups is 2. The fraction of sp³-hybridized carbons (Fsp3) is 0.722. The first-order valence-electron chi connectivity index (χ1n) is 9.14. The Morgan fingerprint density at radius 2 is 2.00 bits per heavy atom. The molecule has 6 nitrogen and oxygen atoms in total. The number of hydrogen-bond acceptors (Lipinski definition) is 4.